The highest BCUT2D eigenvalue weighted by Gasteiger charge is 2.46. The molecule has 34 heavy (non-hydrogen) atoms. The van der Waals surface area contributed by atoms with E-state index >= 15 is 0 Å². The minimum Gasteiger partial charge on any atom is -0.503 e. The minimum absolute atomic E-state index is 0.0477. The molecule has 3 heterocycles. The highest BCUT2D eigenvalue weighted by atomic mass is 32.1. The maximum Gasteiger partial charge on any atom is 0.296 e. The van der Waals surface area contributed by atoms with Crippen LogP contribution in [-0.2, 0) is 10.2 Å². The molecule has 7 heteroatoms. The van der Waals surface area contributed by atoms with Crippen molar-refractivity contribution < 1.29 is 14.7 Å². The maximum absolute atomic E-state index is 13.5. The van der Waals surface area contributed by atoms with Crippen LogP contribution in [0.15, 0.2) is 71.3 Å². The van der Waals surface area contributed by atoms with Gasteiger partial charge in [-0.2, -0.15) is 0 Å². The van der Waals surface area contributed by atoms with Crippen LogP contribution in [0.3, 0.4) is 0 Å². The summed E-state index contributed by atoms with van der Waals surface area (Å²) in [6, 6.07) is 16.3. The van der Waals surface area contributed by atoms with Crippen LogP contribution in [0.2, 0.25) is 0 Å². The highest BCUT2D eigenvalue weighted by Crippen LogP contribution is 2.42. The molecule has 0 radical (unpaired) electrons. The summed E-state index contributed by atoms with van der Waals surface area (Å²) in [6.45, 7) is 8.36. The Morgan fingerprint density at radius 2 is 1.85 bits per heavy atom. The number of aromatic amines is 1. The number of anilines is 1. The van der Waals surface area contributed by atoms with Crippen molar-refractivity contribution in [1.29, 1.82) is 0 Å². The van der Waals surface area contributed by atoms with Crippen molar-refractivity contribution in [2.45, 2.75) is 39.2 Å². The number of aromatic nitrogens is 2. The molecule has 1 atom stereocenters. The summed E-state index contributed by atoms with van der Waals surface area (Å²) < 4.78 is 0. The highest BCUT2D eigenvalue weighted by molar-refractivity contribution is 7.12. The molecule has 0 saturated carbocycles. The SMILES string of the molecule is Cc1ccc2nc(N3C(=O)C(O)=C(C(=O)c4cccs4)C3c3ccc(C(C)(C)C)cc3)[nH]c2c1. The Hall–Kier alpha value is -3.71. The summed E-state index contributed by atoms with van der Waals surface area (Å²) >= 11 is 1.28. The molecule has 0 bridgehead atoms. The van der Waals surface area contributed by atoms with E-state index in [-0.39, 0.29) is 22.7 Å². The fraction of sp³-hybridized carbons (Fsp3) is 0.222. The molecule has 1 aliphatic heterocycles. The number of nitrogens with zero attached hydrogens (tertiary/aromatic N) is 2. The number of imidazole rings is 1. The number of aliphatic hydroxyl groups is 1. The van der Waals surface area contributed by atoms with E-state index in [9.17, 15) is 14.7 Å². The predicted octanol–water partition coefficient (Wildman–Crippen LogP) is 6.01. The van der Waals surface area contributed by atoms with Crippen LogP contribution in [0.1, 0.15) is 53.2 Å². The van der Waals surface area contributed by atoms with Crippen LogP contribution in [0, 0.1) is 6.92 Å². The molecule has 4 aromatic rings. The van der Waals surface area contributed by atoms with Crippen LogP contribution in [0.5, 0.6) is 0 Å². The van der Waals surface area contributed by atoms with Crippen molar-refractivity contribution in [2.24, 2.45) is 0 Å². The molecule has 2 N–H and O–H groups in total. The standard InChI is InChI=1S/C27H25N3O3S/c1-15-7-12-18-19(14-15)29-26(28-18)30-22(16-8-10-17(11-9-16)27(2,3)4)21(24(32)25(30)33)23(31)20-6-5-13-34-20/h5-14,22,32H,1-4H3,(H,28,29). The number of carbonyl (C=O) groups excluding carboxylic acids is 2. The number of amides is 1. The number of nitrogens with one attached hydrogen (secondary N) is 1. The molecule has 0 spiro atoms. The van der Waals surface area contributed by atoms with Gasteiger partial charge in [0.1, 0.15) is 0 Å². The third-order valence-electron chi connectivity index (χ3n) is 6.14. The summed E-state index contributed by atoms with van der Waals surface area (Å²) in [4.78, 5) is 36.5. The molecule has 0 saturated heterocycles. The Morgan fingerprint density at radius 3 is 2.50 bits per heavy atom. The zero-order valence-electron chi connectivity index (χ0n) is 19.4. The first-order chi connectivity index (χ1) is 16.1. The lowest BCUT2D eigenvalue weighted by Gasteiger charge is -2.26. The number of hydrogen-bond donors (Lipinski definition) is 2. The van der Waals surface area contributed by atoms with Crippen LogP contribution in [0.25, 0.3) is 11.0 Å². The summed E-state index contributed by atoms with van der Waals surface area (Å²) in [5, 5.41) is 12.7. The topological polar surface area (TPSA) is 86.3 Å². The lowest BCUT2D eigenvalue weighted by Crippen LogP contribution is -2.32. The van der Waals surface area contributed by atoms with Crippen LogP contribution in [-0.4, -0.2) is 26.8 Å². The molecule has 2 aromatic heterocycles. The minimum atomic E-state index is -0.808. The number of rotatable bonds is 4. The molecule has 0 fully saturated rings. The molecule has 172 valence electrons. The Balaban J connectivity index is 1.67. The zero-order valence-corrected chi connectivity index (χ0v) is 20.2. The average molecular weight is 472 g/mol. The smallest absolute Gasteiger partial charge is 0.296 e. The second kappa shape index (κ2) is 7.95. The van der Waals surface area contributed by atoms with Gasteiger partial charge in [-0.3, -0.25) is 14.5 Å². The van der Waals surface area contributed by atoms with Crippen molar-refractivity contribution in [2.75, 3.05) is 4.90 Å². The fourth-order valence-electron chi connectivity index (χ4n) is 4.30. The van der Waals surface area contributed by atoms with Gasteiger partial charge in [0, 0.05) is 0 Å². The van der Waals surface area contributed by atoms with E-state index < -0.39 is 17.7 Å². The van der Waals surface area contributed by atoms with Crippen molar-refractivity contribution >= 4 is 40.0 Å². The number of aryl methyl sites for hydroxylation is 1. The number of fused-ring (bicyclic) bond motifs is 1. The van der Waals surface area contributed by atoms with Crippen LogP contribution in [0.4, 0.5) is 5.95 Å². The number of aliphatic hydroxyl groups excluding tert-OH is 1. The largest absolute Gasteiger partial charge is 0.503 e. The molecular weight excluding hydrogens is 446 g/mol. The van der Waals surface area contributed by atoms with Gasteiger partial charge in [0.05, 0.1) is 27.5 Å². The molecule has 5 rings (SSSR count). The Bertz CT molecular complexity index is 1440. The first kappa shape index (κ1) is 22.1. The first-order valence-electron chi connectivity index (χ1n) is 11.1. The predicted molar refractivity (Wildman–Crippen MR) is 135 cm³/mol. The van der Waals surface area contributed by atoms with E-state index in [0.29, 0.717) is 10.4 Å². The first-order valence-corrected chi connectivity index (χ1v) is 11.9. The fourth-order valence-corrected chi connectivity index (χ4v) is 4.98. The molecule has 6 nitrogen and oxygen atoms in total. The number of Topliss-reactive ketones (excluding diaryl/α,β-unsaturated/α-hetero) is 1. The van der Waals surface area contributed by atoms with E-state index in [1.54, 1.807) is 17.5 Å². The summed E-state index contributed by atoms with van der Waals surface area (Å²) in [7, 11) is 0. The quantitative estimate of drug-likeness (QED) is 0.357. The van der Waals surface area contributed by atoms with E-state index in [2.05, 4.69) is 30.7 Å². The van der Waals surface area contributed by atoms with Gasteiger partial charge in [-0.1, -0.05) is 57.2 Å². The number of H-pyrrole nitrogens is 1. The van der Waals surface area contributed by atoms with E-state index in [1.165, 1.54) is 16.2 Å². The Labute approximate surface area is 201 Å². The van der Waals surface area contributed by atoms with Gasteiger partial charge in [-0.05, 0) is 52.6 Å². The van der Waals surface area contributed by atoms with Crippen molar-refractivity contribution in [3.8, 4) is 0 Å². The normalized spacial score (nSPS) is 16.6. The van der Waals surface area contributed by atoms with Crippen LogP contribution < -0.4 is 4.90 Å². The number of benzene rings is 2. The number of carbonyl (C=O) groups is 2. The third-order valence-corrected chi connectivity index (χ3v) is 7.01. The molecule has 2 aromatic carbocycles. The van der Waals surface area contributed by atoms with Gasteiger partial charge in [0.2, 0.25) is 11.7 Å². The molecule has 1 unspecified atom stereocenters. The average Bonchev–Trinajstić information content (AvgIpc) is 3.52. The van der Waals surface area contributed by atoms with Gasteiger partial charge < -0.3 is 10.1 Å². The van der Waals surface area contributed by atoms with E-state index in [1.807, 2.05) is 49.4 Å². The number of ketones is 1. The number of hydrogen-bond acceptors (Lipinski definition) is 5. The molecular formula is C27H25N3O3S. The Kier molecular flexibility index (Phi) is 5.17. The lowest BCUT2D eigenvalue weighted by molar-refractivity contribution is -0.117. The van der Waals surface area contributed by atoms with Gasteiger partial charge >= 0.3 is 0 Å². The summed E-state index contributed by atoms with van der Waals surface area (Å²) in [5.41, 5.74) is 4.41. The number of thiophene rings is 1. The molecule has 1 amide bonds. The van der Waals surface area contributed by atoms with E-state index in [0.717, 1.165) is 22.2 Å². The monoisotopic (exact) mass is 471 g/mol. The molecule has 1 aliphatic rings. The van der Waals surface area contributed by atoms with Gasteiger partial charge in [0.15, 0.2) is 5.76 Å². The lowest BCUT2D eigenvalue weighted by atomic mass is 9.85. The van der Waals surface area contributed by atoms with Gasteiger partial charge in [-0.15, -0.1) is 11.3 Å². The third kappa shape index (κ3) is 3.62. The second-order valence-electron chi connectivity index (χ2n) is 9.60. The van der Waals surface area contributed by atoms with Crippen molar-refractivity contribution in [3.63, 3.8) is 0 Å². The summed E-state index contributed by atoms with van der Waals surface area (Å²) in [6.07, 6.45) is 0. The van der Waals surface area contributed by atoms with E-state index in [4.69, 9.17) is 0 Å². The molecule has 0 aliphatic carbocycles. The van der Waals surface area contributed by atoms with Gasteiger partial charge in [0.25, 0.3) is 5.91 Å². The van der Waals surface area contributed by atoms with Crippen molar-refractivity contribution in [1.82, 2.24) is 9.97 Å². The Morgan fingerprint density at radius 1 is 1.12 bits per heavy atom. The van der Waals surface area contributed by atoms with Gasteiger partial charge in [-0.25, -0.2) is 4.98 Å². The summed E-state index contributed by atoms with van der Waals surface area (Å²) in [5.74, 6) is -1.27. The van der Waals surface area contributed by atoms with Crippen LogP contribution >= 0.6 is 11.3 Å². The zero-order chi connectivity index (χ0) is 24.2. The van der Waals surface area contributed by atoms with Crippen molar-refractivity contribution in [3.05, 3.63) is 92.9 Å². The maximum atomic E-state index is 13.5. The second-order valence-corrected chi connectivity index (χ2v) is 10.5.